The number of hydrogen-bond donors (Lipinski definition) is 0. The Bertz CT molecular complexity index is 667. The highest BCUT2D eigenvalue weighted by molar-refractivity contribution is 6.02. The fourth-order valence-electron chi connectivity index (χ4n) is 5.49. The second kappa shape index (κ2) is 7.54. The number of Topliss-reactive ketones (excluding diaryl/α,β-unsaturated/α-hetero) is 1. The zero-order valence-electron chi connectivity index (χ0n) is 15.8. The molecule has 1 aromatic carbocycles. The van der Waals surface area contributed by atoms with Gasteiger partial charge in [-0.2, -0.15) is 0 Å². The molecule has 1 aliphatic heterocycles. The summed E-state index contributed by atoms with van der Waals surface area (Å²) in [5.41, 5.74) is 2.14. The predicted molar refractivity (Wildman–Crippen MR) is 103 cm³/mol. The van der Waals surface area contributed by atoms with E-state index >= 15 is 0 Å². The van der Waals surface area contributed by atoms with Crippen molar-refractivity contribution in [3.05, 3.63) is 35.4 Å². The molecular formula is C23H31NO2. The van der Waals surface area contributed by atoms with Crippen LogP contribution in [0.2, 0.25) is 0 Å². The largest absolute Gasteiger partial charge is 0.343 e. The molecule has 0 radical (unpaired) electrons. The van der Waals surface area contributed by atoms with E-state index in [1.165, 1.54) is 44.1 Å². The molecule has 4 rings (SSSR count). The number of carbonyl (C=O) groups excluding carboxylic acids is 2. The van der Waals surface area contributed by atoms with Crippen LogP contribution >= 0.6 is 0 Å². The molecule has 0 aromatic heterocycles. The molecule has 1 spiro atoms. The van der Waals surface area contributed by atoms with Gasteiger partial charge in [0.25, 0.3) is 0 Å². The van der Waals surface area contributed by atoms with Gasteiger partial charge in [0.1, 0.15) is 0 Å². The number of piperidine rings is 1. The number of benzene rings is 1. The van der Waals surface area contributed by atoms with Gasteiger partial charge < -0.3 is 4.90 Å². The second-order valence-corrected chi connectivity index (χ2v) is 8.70. The van der Waals surface area contributed by atoms with Gasteiger partial charge in [-0.25, -0.2) is 0 Å². The lowest BCUT2D eigenvalue weighted by molar-refractivity contribution is -0.133. The third-order valence-electron chi connectivity index (χ3n) is 7.10. The lowest BCUT2D eigenvalue weighted by Gasteiger charge is -2.39. The summed E-state index contributed by atoms with van der Waals surface area (Å²) in [7, 11) is 0. The van der Waals surface area contributed by atoms with Crippen LogP contribution in [-0.4, -0.2) is 29.7 Å². The van der Waals surface area contributed by atoms with Crippen LogP contribution in [0.5, 0.6) is 0 Å². The van der Waals surface area contributed by atoms with Gasteiger partial charge in [0.05, 0.1) is 0 Å². The Hall–Kier alpha value is -1.64. The lowest BCUT2D eigenvalue weighted by atomic mass is 9.73. The molecular weight excluding hydrogens is 322 g/mol. The van der Waals surface area contributed by atoms with Crippen LogP contribution in [-0.2, 0) is 10.2 Å². The first-order valence-corrected chi connectivity index (χ1v) is 10.6. The normalized spacial score (nSPS) is 22.6. The number of likely N-dealkylation sites (tertiary alicyclic amines) is 1. The number of nitrogens with zero attached hydrogens (tertiary/aromatic N) is 1. The second-order valence-electron chi connectivity index (χ2n) is 8.70. The summed E-state index contributed by atoms with van der Waals surface area (Å²) in [6.07, 6.45) is 12.4. The highest BCUT2D eigenvalue weighted by Gasteiger charge is 2.45. The minimum atomic E-state index is -0.00739. The standard InChI is InChI=1S/C23H31NO2/c25-21-17-23(20-11-5-4-10-19(20)21)13-15-24(16-14-23)22(26)12-6-9-18-7-2-1-3-8-18/h4-5,10-11,18H,1-3,6-9,12-17H2. The molecule has 1 amide bonds. The Labute approximate surface area is 157 Å². The molecule has 3 aliphatic rings. The Morgan fingerprint density at radius 2 is 1.81 bits per heavy atom. The van der Waals surface area contributed by atoms with Crippen LogP contribution in [0.25, 0.3) is 0 Å². The topological polar surface area (TPSA) is 37.4 Å². The lowest BCUT2D eigenvalue weighted by Crippen LogP contribution is -2.44. The molecule has 2 fully saturated rings. The van der Waals surface area contributed by atoms with Crippen molar-refractivity contribution in [2.45, 2.75) is 76.0 Å². The van der Waals surface area contributed by atoms with E-state index in [1.807, 2.05) is 18.2 Å². The summed E-state index contributed by atoms with van der Waals surface area (Å²) in [5, 5.41) is 0. The quantitative estimate of drug-likeness (QED) is 0.773. The molecule has 2 aliphatic carbocycles. The molecule has 1 aromatic rings. The van der Waals surface area contributed by atoms with Gasteiger partial charge in [-0.3, -0.25) is 9.59 Å². The number of fused-ring (bicyclic) bond motifs is 2. The van der Waals surface area contributed by atoms with Crippen LogP contribution in [0.4, 0.5) is 0 Å². The van der Waals surface area contributed by atoms with Gasteiger partial charge in [0.2, 0.25) is 5.91 Å². The summed E-state index contributed by atoms with van der Waals surface area (Å²) in [6, 6.07) is 8.10. The fraction of sp³-hybridized carbons (Fsp3) is 0.652. The summed E-state index contributed by atoms with van der Waals surface area (Å²) < 4.78 is 0. The highest BCUT2D eigenvalue weighted by Crippen LogP contribution is 2.46. The van der Waals surface area contributed by atoms with Gasteiger partial charge in [-0.05, 0) is 37.2 Å². The van der Waals surface area contributed by atoms with Crippen molar-refractivity contribution in [3.63, 3.8) is 0 Å². The minimum absolute atomic E-state index is 0.00739. The summed E-state index contributed by atoms with van der Waals surface area (Å²) in [6.45, 7) is 1.62. The zero-order valence-corrected chi connectivity index (χ0v) is 15.8. The highest BCUT2D eigenvalue weighted by atomic mass is 16.2. The van der Waals surface area contributed by atoms with Gasteiger partial charge in [-0.15, -0.1) is 0 Å². The van der Waals surface area contributed by atoms with Crippen molar-refractivity contribution in [2.75, 3.05) is 13.1 Å². The van der Waals surface area contributed by atoms with E-state index in [2.05, 4.69) is 11.0 Å². The summed E-state index contributed by atoms with van der Waals surface area (Å²) in [5.74, 6) is 1.48. The third-order valence-corrected chi connectivity index (χ3v) is 7.10. The Balaban J connectivity index is 1.28. The number of amides is 1. The first-order chi connectivity index (χ1) is 12.7. The Morgan fingerprint density at radius 3 is 2.58 bits per heavy atom. The molecule has 1 heterocycles. The van der Waals surface area contributed by atoms with E-state index < -0.39 is 0 Å². The number of hydrogen-bond acceptors (Lipinski definition) is 2. The van der Waals surface area contributed by atoms with E-state index in [0.29, 0.717) is 18.7 Å². The van der Waals surface area contributed by atoms with Crippen molar-refractivity contribution in [1.29, 1.82) is 0 Å². The maximum atomic E-state index is 12.6. The first-order valence-electron chi connectivity index (χ1n) is 10.6. The van der Waals surface area contributed by atoms with Crippen molar-refractivity contribution >= 4 is 11.7 Å². The van der Waals surface area contributed by atoms with E-state index in [4.69, 9.17) is 0 Å². The van der Waals surface area contributed by atoms with Crippen LogP contribution in [0.1, 0.15) is 86.6 Å². The average Bonchev–Trinajstić information content (AvgIpc) is 2.95. The molecule has 1 saturated carbocycles. The maximum Gasteiger partial charge on any atom is 0.222 e. The molecule has 0 bridgehead atoms. The van der Waals surface area contributed by atoms with Gasteiger partial charge in [-0.1, -0.05) is 56.4 Å². The van der Waals surface area contributed by atoms with Gasteiger partial charge in [0, 0.05) is 36.9 Å². The monoisotopic (exact) mass is 353 g/mol. The van der Waals surface area contributed by atoms with E-state index in [0.717, 1.165) is 43.8 Å². The minimum Gasteiger partial charge on any atom is -0.343 e. The van der Waals surface area contributed by atoms with Crippen molar-refractivity contribution in [3.8, 4) is 0 Å². The number of ketones is 1. The summed E-state index contributed by atoms with van der Waals surface area (Å²) in [4.78, 5) is 27.0. The maximum absolute atomic E-state index is 12.6. The Kier molecular flexibility index (Phi) is 5.15. The molecule has 0 atom stereocenters. The van der Waals surface area contributed by atoms with Crippen molar-refractivity contribution in [2.24, 2.45) is 5.92 Å². The third kappa shape index (κ3) is 3.45. The summed E-state index contributed by atoms with van der Waals surface area (Å²) >= 11 is 0. The number of carbonyl (C=O) groups is 2. The fourth-order valence-corrected chi connectivity index (χ4v) is 5.49. The van der Waals surface area contributed by atoms with Gasteiger partial charge >= 0.3 is 0 Å². The predicted octanol–water partition coefficient (Wildman–Crippen LogP) is 4.88. The molecule has 3 heteroatoms. The molecule has 140 valence electrons. The van der Waals surface area contributed by atoms with Crippen molar-refractivity contribution < 1.29 is 9.59 Å². The SMILES string of the molecule is O=C1CC2(CCN(C(=O)CCCC3CCCCC3)CC2)c2ccccc21. The molecule has 0 N–H and O–H groups in total. The molecule has 0 unspecified atom stereocenters. The molecule has 26 heavy (non-hydrogen) atoms. The zero-order chi connectivity index (χ0) is 18.0. The smallest absolute Gasteiger partial charge is 0.222 e. The average molecular weight is 354 g/mol. The number of rotatable bonds is 4. The van der Waals surface area contributed by atoms with Crippen LogP contribution in [0.3, 0.4) is 0 Å². The van der Waals surface area contributed by atoms with Crippen molar-refractivity contribution in [1.82, 2.24) is 4.90 Å². The Morgan fingerprint density at radius 1 is 1.08 bits per heavy atom. The molecule has 3 nitrogen and oxygen atoms in total. The van der Waals surface area contributed by atoms with E-state index in [-0.39, 0.29) is 11.2 Å². The van der Waals surface area contributed by atoms with E-state index in [1.54, 1.807) is 0 Å². The first kappa shape index (κ1) is 17.8. The van der Waals surface area contributed by atoms with E-state index in [9.17, 15) is 9.59 Å². The van der Waals surface area contributed by atoms with Gasteiger partial charge in [0.15, 0.2) is 5.78 Å². The van der Waals surface area contributed by atoms with Crippen LogP contribution in [0, 0.1) is 5.92 Å². The van der Waals surface area contributed by atoms with Crippen LogP contribution in [0.15, 0.2) is 24.3 Å². The molecule has 1 saturated heterocycles. The van der Waals surface area contributed by atoms with Crippen LogP contribution < -0.4 is 0 Å².